The number of nitrogens with one attached hydrogen (secondary N) is 1. The average Bonchev–Trinajstić information content (AvgIpc) is 2.90. The molecule has 0 saturated carbocycles. The second kappa shape index (κ2) is 12.0. The number of aliphatic imine (C=N–C) groups is 1. The fourth-order valence-electron chi connectivity index (χ4n) is 3.87. The van der Waals surface area contributed by atoms with Crippen LogP contribution in [-0.2, 0) is 9.53 Å². The van der Waals surface area contributed by atoms with Gasteiger partial charge in [0, 0.05) is 21.8 Å². The van der Waals surface area contributed by atoms with E-state index in [0.717, 1.165) is 28.1 Å². The van der Waals surface area contributed by atoms with Gasteiger partial charge in [0.2, 0.25) is 0 Å². The predicted molar refractivity (Wildman–Crippen MR) is 143 cm³/mol. The smallest absolute Gasteiger partial charge is 0.333 e. The van der Waals surface area contributed by atoms with Crippen molar-refractivity contribution in [3.63, 3.8) is 0 Å². The summed E-state index contributed by atoms with van der Waals surface area (Å²) >= 11 is 6.17. The molecule has 0 saturated heterocycles. The first-order valence-corrected chi connectivity index (χ1v) is 12.0. The van der Waals surface area contributed by atoms with E-state index in [0.29, 0.717) is 5.02 Å². The predicted octanol–water partition coefficient (Wildman–Crippen LogP) is 6.96. The lowest BCUT2D eigenvalue weighted by atomic mass is 9.97. The van der Waals surface area contributed by atoms with Gasteiger partial charge in [-0.1, -0.05) is 103 Å². The molecule has 4 aromatic carbocycles. The Hall–Kier alpha value is -3.89. The summed E-state index contributed by atoms with van der Waals surface area (Å²) in [4.78, 5) is 18.5. The van der Waals surface area contributed by atoms with Gasteiger partial charge in [-0.15, -0.1) is 0 Å². The summed E-state index contributed by atoms with van der Waals surface area (Å²) in [5.74, 6) is -0.403. The highest BCUT2D eigenvalue weighted by atomic mass is 35.5. The van der Waals surface area contributed by atoms with Gasteiger partial charge in [0.25, 0.3) is 0 Å². The van der Waals surface area contributed by atoms with E-state index in [-0.39, 0.29) is 6.61 Å². The van der Waals surface area contributed by atoms with Crippen LogP contribution in [0.15, 0.2) is 120 Å². The van der Waals surface area contributed by atoms with E-state index in [1.165, 1.54) is 0 Å². The molecule has 2 unspecified atom stereocenters. The Morgan fingerprint density at radius 1 is 0.800 bits per heavy atom. The fraction of sp³-hybridized carbons (Fsp3) is 0.133. The topological polar surface area (TPSA) is 50.7 Å². The normalized spacial score (nSPS) is 12.3. The maximum atomic E-state index is 13.4. The number of hydrogen-bond donors (Lipinski definition) is 1. The zero-order valence-electron chi connectivity index (χ0n) is 19.5. The van der Waals surface area contributed by atoms with Gasteiger partial charge in [-0.3, -0.25) is 4.99 Å². The quantitative estimate of drug-likeness (QED) is 0.207. The highest BCUT2D eigenvalue weighted by molar-refractivity contribution is 6.30. The molecule has 0 radical (unpaired) electrons. The third kappa shape index (κ3) is 6.37. The molecule has 176 valence electrons. The molecule has 0 spiro atoms. The molecular formula is C30H27ClN2O2. The molecule has 5 heteroatoms. The average molecular weight is 483 g/mol. The molecule has 1 N–H and O–H groups in total. The fourth-order valence-corrected chi connectivity index (χ4v) is 3.99. The summed E-state index contributed by atoms with van der Waals surface area (Å²) in [6.45, 7) is 2.06. The molecule has 0 heterocycles. The second-order valence-electron chi connectivity index (χ2n) is 7.95. The summed E-state index contributed by atoms with van der Waals surface area (Å²) in [7, 11) is 0. The molecule has 4 nitrogen and oxygen atoms in total. The molecular weight excluding hydrogens is 456 g/mol. The minimum Gasteiger partial charge on any atom is -0.464 e. The largest absolute Gasteiger partial charge is 0.464 e. The zero-order chi connectivity index (χ0) is 24.5. The summed E-state index contributed by atoms with van der Waals surface area (Å²) in [5.41, 5.74) is 4.31. The van der Waals surface area contributed by atoms with Crippen LogP contribution < -0.4 is 5.32 Å². The van der Waals surface area contributed by atoms with Gasteiger partial charge in [-0.25, -0.2) is 4.79 Å². The molecule has 4 rings (SSSR count). The Kier molecular flexibility index (Phi) is 8.31. The third-order valence-corrected chi connectivity index (χ3v) is 5.78. The number of nitrogens with zero attached hydrogens (tertiary/aromatic N) is 1. The van der Waals surface area contributed by atoms with Crippen LogP contribution in [0, 0.1) is 0 Å². The molecule has 0 amide bonds. The number of halogens is 1. The minimum absolute atomic E-state index is 0.259. The van der Waals surface area contributed by atoms with E-state index < -0.39 is 18.1 Å². The lowest BCUT2D eigenvalue weighted by Crippen LogP contribution is -2.34. The van der Waals surface area contributed by atoms with Crippen LogP contribution in [-0.4, -0.2) is 24.3 Å². The number of hydrogen-bond acceptors (Lipinski definition) is 4. The number of carbonyl (C=O) groups is 1. The summed E-state index contributed by atoms with van der Waals surface area (Å²) in [5, 5.41) is 4.13. The van der Waals surface area contributed by atoms with Crippen molar-refractivity contribution < 1.29 is 9.53 Å². The maximum absolute atomic E-state index is 13.4. The van der Waals surface area contributed by atoms with Crippen molar-refractivity contribution in [3.05, 3.63) is 137 Å². The first kappa shape index (κ1) is 24.2. The highest BCUT2D eigenvalue weighted by Gasteiger charge is 2.32. The number of para-hydroxylation sites is 1. The van der Waals surface area contributed by atoms with Crippen LogP contribution in [0.1, 0.15) is 29.7 Å². The Bertz CT molecular complexity index is 1200. The molecule has 0 aliphatic rings. The van der Waals surface area contributed by atoms with Gasteiger partial charge in [-0.2, -0.15) is 0 Å². The van der Waals surface area contributed by atoms with Crippen molar-refractivity contribution in [3.8, 4) is 0 Å². The van der Waals surface area contributed by atoms with Crippen LogP contribution >= 0.6 is 11.6 Å². The molecule has 0 aliphatic heterocycles. The zero-order valence-corrected chi connectivity index (χ0v) is 20.2. The number of anilines is 1. The van der Waals surface area contributed by atoms with Crippen molar-refractivity contribution in [2.24, 2.45) is 4.99 Å². The van der Waals surface area contributed by atoms with Gasteiger partial charge in [0.1, 0.15) is 0 Å². The van der Waals surface area contributed by atoms with Gasteiger partial charge in [-0.05, 0) is 36.8 Å². The lowest BCUT2D eigenvalue weighted by molar-refractivity contribution is -0.145. The van der Waals surface area contributed by atoms with E-state index in [9.17, 15) is 4.79 Å². The molecule has 0 bridgehead atoms. The van der Waals surface area contributed by atoms with Crippen LogP contribution in [0.25, 0.3) is 0 Å². The lowest BCUT2D eigenvalue weighted by Gasteiger charge is -2.26. The van der Waals surface area contributed by atoms with Gasteiger partial charge >= 0.3 is 5.97 Å². The van der Waals surface area contributed by atoms with Gasteiger partial charge in [0.15, 0.2) is 6.04 Å². The monoisotopic (exact) mass is 482 g/mol. The number of ether oxygens (including phenoxy) is 1. The number of benzene rings is 4. The van der Waals surface area contributed by atoms with Crippen LogP contribution in [0.2, 0.25) is 5.02 Å². The van der Waals surface area contributed by atoms with E-state index in [1.54, 1.807) is 6.92 Å². The number of rotatable bonds is 9. The van der Waals surface area contributed by atoms with Crippen LogP contribution in [0.3, 0.4) is 0 Å². The molecule has 0 fully saturated rings. The number of esters is 1. The first-order chi connectivity index (χ1) is 17.2. The maximum Gasteiger partial charge on any atom is 0.333 e. The third-order valence-electron chi connectivity index (χ3n) is 5.53. The van der Waals surface area contributed by atoms with Crippen molar-refractivity contribution in [2.75, 3.05) is 11.9 Å². The van der Waals surface area contributed by atoms with E-state index in [2.05, 4.69) is 5.32 Å². The molecule has 0 aliphatic carbocycles. The Labute approximate surface area is 211 Å². The van der Waals surface area contributed by atoms with E-state index in [4.69, 9.17) is 21.3 Å². The second-order valence-corrected chi connectivity index (χ2v) is 8.38. The summed E-state index contributed by atoms with van der Waals surface area (Å²) in [6, 6.07) is 35.6. The van der Waals surface area contributed by atoms with Crippen molar-refractivity contribution >= 4 is 29.0 Å². The Morgan fingerprint density at radius 3 is 1.83 bits per heavy atom. The summed E-state index contributed by atoms with van der Waals surface area (Å²) < 4.78 is 5.53. The van der Waals surface area contributed by atoms with Crippen molar-refractivity contribution in [1.29, 1.82) is 0 Å². The minimum atomic E-state index is -0.855. The van der Waals surface area contributed by atoms with Gasteiger partial charge in [0.05, 0.1) is 18.4 Å². The highest BCUT2D eigenvalue weighted by Crippen LogP contribution is 2.28. The summed E-state index contributed by atoms with van der Waals surface area (Å²) in [6.07, 6.45) is 0. The van der Waals surface area contributed by atoms with E-state index in [1.807, 2.05) is 115 Å². The Balaban J connectivity index is 1.88. The number of carbonyl (C=O) groups excluding carboxylic acids is 1. The van der Waals surface area contributed by atoms with E-state index >= 15 is 0 Å². The van der Waals surface area contributed by atoms with Crippen molar-refractivity contribution in [1.82, 2.24) is 0 Å². The molecule has 35 heavy (non-hydrogen) atoms. The first-order valence-electron chi connectivity index (χ1n) is 11.6. The standard InChI is InChI=1S/C30H27ClN2O2/c1-2-35-30(34)29(33-27(22-12-6-3-7-13-22)23-14-8-4-9-15-23)28(24-18-20-25(31)21-19-24)32-26-16-10-5-11-17-26/h3-21,28-29,32H,2H2,1H3. The van der Waals surface area contributed by atoms with Gasteiger partial charge < -0.3 is 10.1 Å². The van der Waals surface area contributed by atoms with Crippen molar-refractivity contribution in [2.45, 2.75) is 19.0 Å². The molecule has 2 atom stereocenters. The molecule has 0 aromatic heterocycles. The Morgan fingerprint density at radius 2 is 1.31 bits per heavy atom. The SMILES string of the molecule is CCOC(=O)C(N=C(c1ccccc1)c1ccccc1)C(Nc1ccccc1)c1ccc(Cl)cc1. The van der Waals surface area contributed by atoms with Crippen LogP contribution in [0.4, 0.5) is 5.69 Å². The molecule has 4 aromatic rings. The van der Waals surface area contributed by atoms with Crippen LogP contribution in [0.5, 0.6) is 0 Å².